The van der Waals surface area contributed by atoms with Crippen molar-refractivity contribution < 1.29 is 9.84 Å². The molecule has 1 N–H and O–H groups in total. The van der Waals surface area contributed by atoms with E-state index in [1.807, 2.05) is 0 Å². The van der Waals surface area contributed by atoms with Gasteiger partial charge in [-0.05, 0) is 26.4 Å². The van der Waals surface area contributed by atoms with Gasteiger partial charge in [0.05, 0.1) is 12.7 Å². The SMILES string of the molecule is CCCCCN(C)CC(O)COCCCC. The average Bonchev–Trinajstić information content (AvgIpc) is 2.25. The van der Waals surface area contributed by atoms with Gasteiger partial charge in [0.1, 0.15) is 0 Å². The number of nitrogens with zero attached hydrogens (tertiary/aromatic N) is 1. The van der Waals surface area contributed by atoms with E-state index in [4.69, 9.17) is 4.74 Å². The largest absolute Gasteiger partial charge is 0.389 e. The minimum atomic E-state index is -0.344. The summed E-state index contributed by atoms with van der Waals surface area (Å²) in [5, 5.41) is 9.71. The van der Waals surface area contributed by atoms with Crippen molar-refractivity contribution in [1.29, 1.82) is 0 Å². The van der Waals surface area contributed by atoms with Gasteiger partial charge in [-0.2, -0.15) is 0 Å². The molecule has 3 nitrogen and oxygen atoms in total. The van der Waals surface area contributed by atoms with E-state index in [1.54, 1.807) is 0 Å². The predicted octanol–water partition coefficient (Wildman–Crippen LogP) is 2.29. The Kier molecular flexibility index (Phi) is 11.3. The van der Waals surface area contributed by atoms with Crippen LogP contribution in [0.25, 0.3) is 0 Å². The quantitative estimate of drug-likeness (QED) is 0.554. The van der Waals surface area contributed by atoms with Crippen molar-refractivity contribution >= 4 is 0 Å². The lowest BCUT2D eigenvalue weighted by Crippen LogP contribution is -2.32. The monoisotopic (exact) mass is 231 g/mol. The van der Waals surface area contributed by atoms with E-state index in [0.717, 1.165) is 32.5 Å². The van der Waals surface area contributed by atoms with Crippen molar-refractivity contribution in [3.8, 4) is 0 Å². The van der Waals surface area contributed by atoms with Gasteiger partial charge < -0.3 is 14.7 Å². The Morgan fingerprint density at radius 2 is 1.81 bits per heavy atom. The van der Waals surface area contributed by atoms with Crippen molar-refractivity contribution in [2.75, 3.05) is 33.4 Å². The van der Waals surface area contributed by atoms with Crippen molar-refractivity contribution in [1.82, 2.24) is 4.90 Å². The van der Waals surface area contributed by atoms with Crippen LogP contribution in [0, 0.1) is 0 Å². The summed E-state index contributed by atoms with van der Waals surface area (Å²) in [7, 11) is 2.06. The molecule has 0 amide bonds. The van der Waals surface area contributed by atoms with Gasteiger partial charge in [-0.1, -0.05) is 33.1 Å². The number of aliphatic hydroxyl groups excluding tert-OH is 1. The molecule has 0 saturated heterocycles. The van der Waals surface area contributed by atoms with Gasteiger partial charge in [0.2, 0.25) is 0 Å². The highest BCUT2D eigenvalue weighted by atomic mass is 16.5. The number of ether oxygens (including phenoxy) is 1. The van der Waals surface area contributed by atoms with Gasteiger partial charge in [-0.3, -0.25) is 0 Å². The summed E-state index contributed by atoms with van der Waals surface area (Å²) in [6, 6.07) is 0. The maximum absolute atomic E-state index is 9.71. The molecule has 0 radical (unpaired) electrons. The summed E-state index contributed by atoms with van der Waals surface area (Å²) < 4.78 is 5.39. The number of unbranched alkanes of at least 4 members (excludes halogenated alkanes) is 3. The molecule has 0 heterocycles. The fraction of sp³-hybridized carbons (Fsp3) is 1.00. The maximum atomic E-state index is 9.71. The first-order valence-electron chi connectivity index (χ1n) is 6.65. The van der Waals surface area contributed by atoms with Gasteiger partial charge in [-0.25, -0.2) is 0 Å². The van der Waals surface area contributed by atoms with Crippen molar-refractivity contribution in [2.45, 2.75) is 52.1 Å². The van der Waals surface area contributed by atoms with Crippen LogP contribution in [0.5, 0.6) is 0 Å². The molecule has 0 aromatic carbocycles. The summed E-state index contributed by atoms with van der Waals surface area (Å²) in [4.78, 5) is 2.18. The van der Waals surface area contributed by atoms with Crippen LogP contribution in [-0.4, -0.2) is 49.5 Å². The summed E-state index contributed by atoms with van der Waals surface area (Å²) in [6.07, 6.45) is 5.62. The fourth-order valence-corrected chi connectivity index (χ4v) is 1.60. The molecule has 16 heavy (non-hydrogen) atoms. The highest BCUT2D eigenvalue weighted by Gasteiger charge is 2.07. The van der Waals surface area contributed by atoms with E-state index in [2.05, 4.69) is 25.8 Å². The fourth-order valence-electron chi connectivity index (χ4n) is 1.60. The zero-order valence-electron chi connectivity index (χ0n) is 11.2. The number of likely N-dealkylation sites (N-methyl/N-ethyl adjacent to an activating group) is 1. The molecule has 0 aliphatic heterocycles. The van der Waals surface area contributed by atoms with E-state index >= 15 is 0 Å². The Labute approximate surface area is 101 Å². The number of rotatable bonds is 11. The molecule has 0 aliphatic rings. The molecule has 98 valence electrons. The molecule has 3 heteroatoms. The molecule has 0 spiro atoms. The lowest BCUT2D eigenvalue weighted by molar-refractivity contribution is 0.0197. The first-order chi connectivity index (χ1) is 7.70. The molecular formula is C13H29NO2. The van der Waals surface area contributed by atoms with Crippen molar-refractivity contribution in [3.63, 3.8) is 0 Å². The molecule has 0 saturated carbocycles. The Hall–Kier alpha value is -0.120. The van der Waals surface area contributed by atoms with Gasteiger partial charge in [-0.15, -0.1) is 0 Å². The second-order valence-corrected chi connectivity index (χ2v) is 4.55. The summed E-state index contributed by atoms with van der Waals surface area (Å²) in [5.41, 5.74) is 0. The minimum Gasteiger partial charge on any atom is -0.389 e. The highest BCUT2D eigenvalue weighted by Crippen LogP contribution is 1.98. The van der Waals surface area contributed by atoms with Crippen LogP contribution in [0.3, 0.4) is 0 Å². The van der Waals surface area contributed by atoms with E-state index in [9.17, 15) is 5.11 Å². The summed E-state index contributed by atoms with van der Waals surface area (Å²) in [5.74, 6) is 0. The topological polar surface area (TPSA) is 32.7 Å². The second-order valence-electron chi connectivity index (χ2n) is 4.55. The van der Waals surface area contributed by atoms with Crippen LogP contribution in [0.15, 0.2) is 0 Å². The minimum absolute atomic E-state index is 0.344. The van der Waals surface area contributed by atoms with Gasteiger partial charge in [0.15, 0.2) is 0 Å². The summed E-state index contributed by atoms with van der Waals surface area (Å²) >= 11 is 0. The van der Waals surface area contributed by atoms with Crippen LogP contribution < -0.4 is 0 Å². The molecule has 0 fully saturated rings. The molecule has 1 atom stereocenters. The molecule has 0 aromatic heterocycles. The average molecular weight is 231 g/mol. The zero-order valence-corrected chi connectivity index (χ0v) is 11.2. The van der Waals surface area contributed by atoms with Crippen LogP contribution >= 0.6 is 0 Å². The van der Waals surface area contributed by atoms with Crippen LogP contribution in [0.4, 0.5) is 0 Å². The lowest BCUT2D eigenvalue weighted by Gasteiger charge is -2.20. The third kappa shape index (κ3) is 10.4. The highest BCUT2D eigenvalue weighted by molar-refractivity contribution is 4.60. The van der Waals surface area contributed by atoms with Crippen LogP contribution in [-0.2, 0) is 4.74 Å². The van der Waals surface area contributed by atoms with Crippen molar-refractivity contribution in [2.24, 2.45) is 0 Å². The first kappa shape index (κ1) is 15.9. The van der Waals surface area contributed by atoms with E-state index in [0.29, 0.717) is 6.61 Å². The van der Waals surface area contributed by atoms with Gasteiger partial charge in [0, 0.05) is 13.2 Å². The first-order valence-corrected chi connectivity index (χ1v) is 6.65. The number of hydrogen-bond acceptors (Lipinski definition) is 3. The predicted molar refractivity (Wildman–Crippen MR) is 68.8 cm³/mol. The van der Waals surface area contributed by atoms with E-state index in [1.165, 1.54) is 19.3 Å². The summed E-state index contributed by atoms with van der Waals surface area (Å²) in [6.45, 7) is 7.37. The van der Waals surface area contributed by atoms with Crippen molar-refractivity contribution in [3.05, 3.63) is 0 Å². The molecule has 1 unspecified atom stereocenters. The maximum Gasteiger partial charge on any atom is 0.0900 e. The Morgan fingerprint density at radius 1 is 1.12 bits per heavy atom. The van der Waals surface area contributed by atoms with Crippen LogP contribution in [0.2, 0.25) is 0 Å². The normalized spacial score (nSPS) is 13.3. The van der Waals surface area contributed by atoms with Gasteiger partial charge in [0.25, 0.3) is 0 Å². The van der Waals surface area contributed by atoms with Gasteiger partial charge >= 0.3 is 0 Å². The number of hydrogen-bond donors (Lipinski definition) is 1. The number of aliphatic hydroxyl groups is 1. The Balaban J connectivity index is 3.35. The third-order valence-electron chi connectivity index (χ3n) is 2.62. The second kappa shape index (κ2) is 11.4. The molecule has 0 bridgehead atoms. The Morgan fingerprint density at radius 3 is 2.44 bits per heavy atom. The molecule has 0 aliphatic carbocycles. The zero-order chi connectivity index (χ0) is 12.2. The van der Waals surface area contributed by atoms with E-state index in [-0.39, 0.29) is 6.10 Å². The molecular weight excluding hydrogens is 202 g/mol. The molecule has 0 rings (SSSR count). The smallest absolute Gasteiger partial charge is 0.0900 e. The third-order valence-corrected chi connectivity index (χ3v) is 2.62. The van der Waals surface area contributed by atoms with Crippen LogP contribution in [0.1, 0.15) is 46.0 Å². The lowest BCUT2D eigenvalue weighted by atomic mass is 10.2. The van der Waals surface area contributed by atoms with E-state index < -0.39 is 0 Å². The Bertz CT molecular complexity index is 142. The molecule has 0 aromatic rings. The standard InChI is InChI=1S/C13H29NO2/c1-4-6-8-9-14(3)11-13(15)12-16-10-7-5-2/h13,15H,4-12H2,1-3H3.